The predicted octanol–water partition coefficient (Wildman–Crippen LogP) is 0.0236. The molecule has 7 heteroatoms. The van der Waals surface area contributed by atoms with E-state index in [0.29, 0.717) is 6.42 Å². The quantitative estimate of drug-likeness (QED) is 0.440. The van der Waals surface area contributed by atoms with Gasteiger partial charge in [0.2, 0.25) is 10.0 Å². The lowest BCUT2D eigenvalue weighted by Crippen LogP contribution is -2.31. The van der Waals surface area contributed by atoms with Crippen molar-refractivity contribution < 1.29 is 18.6 Å². The first-order valence-electron chi connectivity index (χ1n) is 5.13. The molecule has 0 saturated heterocycles. The Bertz CT molecular complexity index is 487. The van der Waals surface area contributed by atoms with Crippen LogP contribution in [0.5, 0.6) is 5.75 Å². The summed E-state index contributed by atoms with van der Waals surface area (Å²) in [5.74, 6) is -0.169. The number of phenols is 1. The van der Waals surface area contributed by atoms with Crippen molar-refractivity contribution in [1.29, 1.82) is 0 Å². The summed E-state index contributed by atoms with van der Waals surface area (Å²) in [6.07, 6.45) is -0.264. The maximum absolute atomic E-state index is 11.8. The number of benzene rings is 1. The van der Waals surface area contributed by atoms with Crippen LogP contribution in [0.1, 0.15) is 13.3 Å². The average molecular weight is 260 g/mol. The van der Waals surface area contributed by atoms with Gasteiger partial charge in [-0.2, -0.15) is 0 Å². The SMILES string of the molecule is CCC(O)CNS(=O)(=O)c1ccc(O)c(N)c1. The number of hydrogen-bond acceptors (Lipinski definition) is 5. The molecule has 0 aliphatic heterocycles. The summed E-state index contributed by atoms with van der Waals surface area (Å²) in [6.45, 7) is 1.69. The highest BCUT2D eigenvalue weighted by atomic mass is 32.2. The van der Waals surface area contributed by atoms with Crippen LogP contribution in [-0.4, -0.2) is 31.3 Å². The number of phenolic OH excluding ortho intramolecular Hbond substituents is 1. The number of aliphatic hydroxyl groups is 1. The fourth-order valence-electron chi connectivity index (χ4n) is 1.13. The molecule has 1 unspecified atom stereocenters. The zero-order valence-electron chi connectivity index (χ0n) is 9.42. The monoisotopic (exact) mass is 260 g/mol. The number of anilines is 1. The normalized spacial score (nSPS) is 13.5. The molecule has 1 atom stereocenters. The standard InChI is InChI=1S/C10H16N2O4S/c1-2-7(13)6-12-17(15,16)8-3-4-10(14)9(11)5-8/h3-5,7,12-14H,2,6,11H2,1H3. The average Bonchev–Trinajstić information content (AvgIpc) is 2.29. The van der Waals surface area contributed by atoms with Gasteiger partial charge in [-0.05, 0) is 24.6 Å². The Hall–Kier alpha value is -1.31. The van der Waals surface area contributed by atoms with Gasteiger partial charge in [-0.25, -0.2) is 13.1 Å². The van der Waals surface area contributed by atoms with Crippen molar-refractivity contribution in [3.63, 3.8) is 0 Å². The third-order valence-electron chi connectivity index (χ3n) is 2.29. The predicted molar refractivity (Wildman–Crippen MR) is 64.0 cm³/mol. The molecule has 0 aliphatic carbocycles. The van der Waals surface area contributed by atoms with Crippen LogP contribution in [0.4, 0.5) is 5.69 Å². The van der Waals surface area contributed by atoms with Crippen molar-refractivity contribution in [2.24, 2.45) is 0 Å². The third kappa shape index (κ3) is 3.58. The molecule has 0 fully saturated rings. The van der Waals surface area contributed by atoms with Gasteiger partial charge in [-0.1, -0.05) is 6.92 Å². The molecule has 96 valence electrons. The highest BCUT2D eigenvalue weighted by Gasteiger charge is 2.16. The van der Waals surface area contributed by atoms with Gasteiger partial charge in [0, 0.05) is 6.54 Å². The molecular formula is C10H16N2O4S. The fraction of sp³-hybridized carbons (Fsp3) is 0.400. The maximum atomic E-state index is 11.8. The summed E-state index contributed by atoms with van der Waals surface area (Å²) < 4.78 is 25.8. The summed E-state index contributed by atoms with van der Waals surface area (Å²) in [7, 11) is -3.71. The van der Waals surface area contributed by atoms with Gasteiger partial charge >= 0.3 is 0 Å². The van der Waals surface area contributed by atoms with Gasteiger partial charge in [-0.15, -0.1) is 0 Å². The molecule has 1 aromatic rings. The van der Waals surface area contributed by atoms with Gasteiger partial charge in [-0.3, -0.25) is 0 Å². The van der Waals surface area contributed by atoms with E-state index in [1.54, 1.807) is 6.92 Å². The molecular weight excluding hydrogens is 244 g/mol. The summed E-state index contributed by atoms with van der Waals surface area (Å²) in [4.78, 5) is -0.0453. The number of rotatable bonds is 5. The van der Waals surface area contributed by atoms with Gasteiger partial charge in [0.15, 0.2) is 0 Å². The van der Waals surface area contributed by atoms with Crippen LogP contribution in [-0.2, 0) is 10.0 Å². The van der Waals surface area contributed by atoms with Crippen molar-refractivity contribution in [3.8, 4) is 5.75 Å². The Kier molecular flexibility index (Phi) is 4.33. The van der Waals surface area contributed by atoms with Crippen LogP contribution >= 0.6 is 0 Å². The van der Waals surface area contributed by atoms with Crippen molar-refractivity contribution >= 4 is 15.7 Å². The van der Waals surface area contributed by atoms with E-state index in [4.69, 9.17) is 5.73 Å². The van der Waals surface area contributed by atoms with Crippen molar-refractivity contribution in [3.05, 3.63) is 18.2 Å². The lowest BCUT2D eigenvalue weighted by atomic mass is 10.3. The second kappa shape index (κ2) is 5.35. The van der Waals surface area contributed by atoms with Crippen LogP contribution in [0, 0.1) is 0 Å². The number of nitrogen functional groups attached to an aromatic ring is 1. The van der Waals surface area contributed by atoms with Gasteiger partial charge in [0.25, 0.3) is 0 Å². The van der Waals surface area contributed by atoms with Crippen molar-refractivity contribution in [1.82, 2.24) is 4.72 Å². The first kappa shape index (κ1) is 13.8. The molecule has 0 bridgehead atoms. The molecule has 1 rings (SSSR count). The Labute approximate surface area is 100 Å². The molecule has 0 amide bonds. The maximum Gasteiger partial charge on any atom is 0.240 e. The van der Waals surface area contributed by atoms with Gasteiger partial charge in [0.05, 0.1) is 16.7 Å². The van der Waals surface area contributed by atoms with E-state index in [9.17, 15) is 18.6 Å². The van der Waals surface area contributed by atoms with Crippen LogP contribution < -0.4 is 10.5 Å². The highest BCUT2D eigenvalue weighted by molar-refractivity contribution is 7.89. The summed E-state index contributed by atoms with van der Waals surface area (Å²) in [5.41, 5.74) is 5.40. The largest absolute Gasteiger partial charge is 0.506 e. The number of aromatic hydroxyl groups is 1. The Balaban J connectivity index is 2.86. The Morgan fingerprint density at radius 3 is 2.65 bits per heavy atom. The summed E-state index contributed by atoms with van der Waals surface area (Å²) in [5, 5.41) is 18.5. The lowest BCUT2D eigenvalue weighted by molar-refractivity contribution is 0.174. The number of sulfonamides is 1. The van der Waals surface area contributed by atoms with Crippen LogP contribution in [0.3, 0.4) is 0 Å². The summed E-state index contributed by atoms with van der Waals surface area (Å²) in [6, 6.07) is 3.61. The van der Waals surface area contributed by atoms with Crippen molar-refractivity contribution in [2.75, 3.05) is 12.3 Å². The second-order valence-electron chi connectivity index (χ2n) is 3.63. The summed E-state index contributed by atoms with van der Waals surface area (Å²) >= 11 is 0. The zero-order chi connectivity index (χ0) is 13.1. The molecule has 17 heavy (non-hydrogen) atoms. The van der Waals surface area contributed by atoms with E-state index in [1.807, 2.05) is 0 Å². The minimum atomic E-state index is -3.71. The van der Waals surface area contributed by atoms with E-state index >= 15 is 0 Å². The highest BCUT2D eigenvalue weighted by Crippen LogP contribution is 2.22. The number of aliphatic hydroxyl groups excluding tert-OH is 1. The molecule has 0 spiro atoms. The van der Waals surface area contributed by atoms with Gasteiger partial charge < -0.3 is 15.9 Å². The van der Waals surface area contributed by atoms with E-state index < -0.39 is 16.1 Å². The first-order chi connectivity index (χ1) is 7.86. The lowest BCUT2D eigenvalue weighted by Gasteiger charge is -2.10. The molecule has 0 aromatic heterocycles. The molecule has 0 saturated carbocycles. The van der Waals surface area contributed by atoms with Gasteiger partial charge in [0.1, 0.15) is 5.75 Å². The first-order valence-corrected chi connectivity index (χ1v) is 6.61. The number of nitrogens with one attached hydrogen (secondary N) is 1. The molecule has 1 aromatic carbocycles. The molecule has 0 aliphatic rings. The van der Waals surface area contributed by atoms with E-state index in [0.717, 1.165) is 6.07 Å². The molecule has 6 nitrogen and oxygen atoms in total. The van der Waals surface area contributed by atoms with E-state index in [1.165, 1.54) is 12.1 Å². The van der Waals surface area contributed by atoms with E-state index in [-0.39, 0.29) is 22.9 Å². The minimum absolute atomic E-state index is 0.0103. The van der Waals surface area contributed by atoms with Crippen LogP contribution in [0.2, 0.25) is 0 Å². The van der Waals surface area contributed by atoms with Crippen LogP contribution in [0.25, 0.3) is 0 Å². The van der Waals surface area contributed by atoms with Crippen molar-refractivity contribution in [2.45, 2.75) is 24.3 Å². The second-order valence-corrected chi connectivity index (χ2v) is 5.40. The molecule has 0 radical (unpaired) electrons. The topological polar surface area (TPSA) is 113 Å². The Morgan fingerprint density at radius 1 is 1.47 bits per heavy atom. The number of nitrogens with two attached hydrogens (primary N) is 1. The minimum Gasteiger partial charge on any atom is -0.506 e. The van der Waals surface area contributed by atoms with Crippen LogP contribution in [0.15, 0.2) is 23.1 Å². The molecule has 0 heterocycles. The third-order valence-corrected chi connectivity index (χ3v) is 3.71. The smallest absolute Gasteiger partial charge is 0.240 e. The van der Waals surface area contributed by atoms with E-state index in [2.05, 4.69) is 4.72 Å². The molecule has 5 N–H and O–H groups in total. The zero-order valence-corrected chi connectivity index (χ0v) is 10.2. The fourth-order valence-corrected chi connectivity index (χ4v) is 2.24. The number of hydrogen-bond donors (Lipinski definition) is 4. The Morgan fingerprint density at radius 2 is 2.12 bits per heavy atom.